The maximum Gasteiger partial charge on any atom is 0.190 e. The van der Waals surface area contributed by atoms with Gasteiger partial charge in [-0.3, -0.25) is 4.84 Å². The predicted octanol–water partition coefficient (Wildman–Crippen LogP) is 2.09. The van der Waals surface area contributed by atoms with Crippen LogP contribution in [-0.4, -0.2) is 49.1 Å². The van der Waals surface area contributed by atoms with Gasteiger partial charge >= 0.3 is 0 Å². The minimum atomic E-state index is -0.644. The fourth-order valence-electron chi connectivity index (χ4n) is 4.42. The van der Waals surface area contributed by atoms with Crippen LogP contribution in [-0.2, 0) is 23.8 Å². The van der Waals surface area contributed by atoms with Crippen molar-refractivity contribution in [1.29, 1.82) is 0 Å². The van der Waals surface area contributed by atoms with Crippen LogP contribution in [0.4, 0.5) is 5.69 Å². The van der Waals surface area contributed by atoms with Crippen LogP contribution in [0, 0.1) is 5.92 Å². The second-order valence-corrected chi connectivity index (χ2v) is 7.68. The van der Waals surface area contributed by atoms with Crippen molar-refractivity contribution >= 4 is 5.69 Å². The third kappa shape index (κ3) is 2.01. The summed E-state index contributed by atoms with van der Waals surface area (Å²) >= 11 is 0. The van der Waals surface area contributed by atoms with E-state index in [2.05, 4.69) is 19.1 Å². The molecule has 6 atom stereocenters. The highest BCUT2D eigenvalue weighted by Gasteiger charge is 2.68. The van der Waals surface area contributed by atoms with Crippen LogP contribution in [0.3, 0.4) is 0 Å². The van der Waals surface area contributed by atoms with Crippen molar-refractivity contribution in [3.8, 4) is 0 Å². The molecule has 0 saturated carbocycles. The van der Waals surface area contributed by atoms with Crippen molar-refractivity contribution in [2.24, 2.45) is 5.92 Å². The molecule has 0 aromatic heterocycles. The van der Waals surface area contributed by atoms with E-state index in [-0.39, 0.29) is 24.2 Å². The Balaban J connectivity index is 1.48. The predicted molar refractivity (Wildman–Crippen MR) is 85.2 cm³/mol. The molecule has 4 fully saturated rings. The van der Waals surface area contributed by atoms with Crippen LogP contribution >= 0.6 is 0 Å². The summed E-state index contributed by atoms with van der Waals surface area (Å²) in [6, 6.07) is 10.2. The van der Waals surface area contributed by atoms with Gasteiger partial charge in [-0.2, -0.15) is 0 Å². The average Bonchev–Trinajstić information content (AvgIpc) is 3.18. The van der Waals surface area contributed by atoms with E-state index in [1.54, 1.807) is 0 Å². The zero-order chi connectivity index (χ0) is 16.5. The summed E-state index contributed by atoms with van der Waals surface area (Å²) in [5.41, 5.74) is 0.498. The molecule has 6 nitrogen and oxygen atoms in total. The van der Waals surface area contributed by atoms with Gasteiger partial charge in [-0.15, -0.1) is 0 Å². The molecule has 5 rings (SSSR count). The Hall–Kier alpha value is -1.18. The number of anilines is 1. The first kappa shape index (κ1) is 15.1. The Labute approximate surface area is 141 Å². The maximum atomic E-state index is 6.30. The van der Waals surface area contributed by atoms with Crippen LogP contribution in [0.2, 0.25) is 0 Å². The largest absolute Gasteiger partial charge is 0.369 e. The van der Waals surface area contributed by atoms with Crippen molar-refractivity contribution < 1.29 is 23.8 Å². The van der Waals surface area contributed by atoms with Gasteiger partial charge in [0.25, 0.3) is 0 Å². The second kappa shape index (κ2) is 4.93. The Kier molecular flexibility index (Phi) is 3.10. The lowest BCUT2D eigenvalue weighted by Gasteiger charge is -2.45. The lowest BCUT2D eigenvalue weighted by molar-refractivity contribution is -0.250. The third-order valence-electron chi connectivity index (χ3n) is 5.58. The number of rotatable bonds is 1. The zero-order valence-corrected chi connectivity index (χ0v) is 14.2. The molecule has 4 heterocycles. The molecule has 2 unspecified atom stereocenters. The van der Waals surface area contributed by atoms with E-state index in [1.807, 2.05) is 37.1 Å². The summed E-state index contributed by atoms with van der Waals surface area (Å²) in [4.78, 5) is 5.99. The fourth-order valence-corrected chi connectivity index (χ4v) is 4.42. The van der Waals surface area contributed by atoms with Crippen molar-refractivity contribution in [2.45, 2.75) is 56.7 Å². The number of benzene rings is 1. The smallest absolute Gasteiger partial charge is 0.190 e. The first-order valence-electron chi connectivity index (χ1n) is 8.60. The summed E-state index contributed by atoms with van der Waals surface area (Å²) < 4.78 is 24.6. The van der Waals surface area contributed by atoms with Crippen LogP contribution < -0.4 is 5.06 Å². The van der Waals surface area contributed by atoms with E-state index in [0.717, 1.165) is 5.69 Å². The van der Waals surface area contributed by atoms with Gasteiger partial charge in [-0.1, -0.05) is 18.2 Å². The van der Waals surface area contributed by atoms with Gasteiger partial charge in [-0.05, 0) is 32.9 Å². The van der Waals surface area contributed by atoms with Crippen molar-refractivity contribution in [1.82, 2.24) is 0 Å². The minimum Gasteiger partial charge on any atom is -0.369 e. The van der Waals surface area contributed by atoms with Crippen molar-refractivity contribution in [2.75, 3.05) is 18.3 Å². The van der Waals surface area contributed by atoms with Gasteiger partial charge in [0.2, 0.25) is 0 Å². The minimum absolute atomic E-state index is 0.0899. The summed E-state index contributed by atoms with van der Waals surface area (Å²) in [7, 11) is 0. The van der Waals surface area contributed by atoms with Crippen LogP contribution in [0.1, 0.15) is 20.8 Å². The molecule has 24 heavy (non-hydrogen) atoms. The van der Waals surface area contributed by atoms with Gasteiger partial charge in [0.05, 0.1) is 24.9 Å². The van der Waals surface area contributed by atoms with Crippen LogP contribution in [0.5, 0.6) is 0 Å². The Morgan fingerprint density at radius 2 is 1.79 bits per heavy atom. The summed E-state index contributed by atoms with van der Waals surface area (Å²) in [6.45, 7) is 7.17. The summed E-state index contributed by atoms with van der Waals surface area (Å²) in [5, 5.41) is 1.99. The van der Waals surface area contributed by atoms with E-state index in [0.29, 0.717) is 13.2 Å². The number of fused-ring (bicyclic) bond motifs is 5. The molecule has 4 aliphatic heterocycles. The molecular formula is C18H23NO5. The first-order chi connectivity index (χ1) is 11.5. The number of ether oxygens (including phenoxy) is 4. The zero-order valence-electron chi connectivity index (χ0n) is 14.2. The molecule has 1 aromatic carbocycles. The molecule has 0 amide bonds. The average molecular weight is 333 g/mol. The van der Waals surface area contributed by atoms with E-state index < -0.39 is 17.7 Å². The molecular weight excluding hydrogens is 310 g/mol. The highest BCUT2D eigenvalue weighted by Crippen LogP contribution is 2.51. The molecule has 0 N–H and O–H groups in total. The quantitative estimate of drug-likeness (QED) is 0.784. The molecule has 0 bridgehead atoms. The van der Waals surface area contributed by atoms with Gasteiger partial charge in [0, 0.05) is 5.92 Å². The summed E-state index contributed by atoms with van der Waals surface area (Å²) in [5.74, 6) is -0.371. The highest BCUT2D eigenvalue weighted by molar-refractivity contribution is 5.46. The lowest BCUT2D eigenvalue weighted by atomic mass is 9.81. The van der Waals surface area contributed by atoms with Gasteiger partial charge in [-0.25, -0.2) is 5.06 Å². The first-order valence-corrected chi connectivity index (χ1v) is 8.60. The second-order valence-electron chi connectivity index (χ2n) is 7.68. The molecule has 0 aliphatic carbocycles. The number of hydrogen-bond donors (Lipinski definition) is 0. The van der Waals surface area contributed by atoms with E-state index in [1.165, 1.54) is 0 Å². The monoisotopic (exact) mass is 333 g/mol. The number of nitrogens with zero attached hydrogens (tertiary/aromatic N) is 1. The maximum absolute atomic E-state index is 6.30. The van der Waals surface area contributed by atoms with Crippen LogP contribution in [0.25, 0.3) is 0 Å². The number of hydroxylamine groups is 1. The van der Waals surface area contributed by atoms with Crippen molar-refractivity contribution in [3.05, 3.63) is 30.3 Å². The fraction of sp³-hybridized carbons (Fsp3) is 0.667. The Morgan fingerprint density at radius 3 is 2.58 bits per heavy atom. The lowest BCUT2D eigenvalue weighted by Crippen LogP contribution is -2.62. The summed E-state index contributed by atoms with van der Waals surface area (Å²) in [6.07, 6.45) is -0.784. The van der Waals surface area contributed by atoms with Gasteiger partial charge < -0.3 is 18.9 Å². The van der Waals surface area contributed by atoms with Crippen molar-refractivity contribution in [3.63, 3.8) is 0 Å². The SMILES string of the molecule is CC1(C)O[C@H]2O[C@@H]3C4C(CON4c4ccccc4)CO[C@]3(C)[C@H]2O1. The number of para-hydroxylation sites is 1. The molecule has 130 valence electrons. The molecule has 1 aromatic rings. The van der Waals surface area contributed by atoms with Gasteiger partial charge in [0.1, 0.15) is 17.8 Å². The molecule has 6 heteroatoms. The molecule has 4 saturated heterocycles. The Bertz CT molecular complexity index is 638. The third-order valence-corrected chi connectivity index (χ3v) is 5.58. The normalized spacial score (nSPS) is 45.8. The van der Waals surface area contributed by atoms with E-state index in [9.17, 15) is 0 Å². The highest BCUT2D eigenvalue weighted by atomic mass is 16.8. The Morgan fingerprint density at radius 1 is 1.00 bits per heavy atom. The molecule has 0 spiro atoms. The number of hydrogen-bond acceptors (Lipinski definition) is 6. The molecule has 0 radical (unpaired) electrons. The standard InChI is InChI=1S/C18H23NO5/c1-17(2)23-15-16(24-17)22-14-13-11(9-20-18(14,15)3)10-21-19(13)12-7-5-4-6-8-12/h4-8,11,13-16H,9-10H2,1-3H3/t11?,13?,14-,15+,16-,18+/m1/s1. The van der Waals surface area contributed by atoms with E-state index >= 15 is 0 Å². The molecule has 4 aliphatic rings. The van der Waals surface area contributed by atoms with E-state index in [4.69, 9.17) is 23.8 Å². The topological polar surface area (TPSA) is 49.4 Å². The van der Waals surface area contributed by atoms with Gasteiger partial charge in [0.15, 0.2) is 12.1 Å². The van der Waals surface area contributed by atoms with Crippen LogP contribution in [0.15, 0.2) is 30.3 Å².